The monoisotopic (exact) mass is 420 g/mol. The summed E-state index contributed by atoms with van der Waals surface area (Å²) in [6.45, 7) is 6.90. The molecule has 2 aromatic rings. The van der Waals surface area contributed by atoms with E-state index in [2.05, 4.69) is 4.90 Å². The number of halogens is 3. The topological polar surface area (TPSA) is 43.8 Å². The number of piperidine rings is 1. The van der Waals surface area contributed by atoms with Crippen molar-refractivity contribution in [1.82, 2.24) is 9.80 Å². The molecule has 1 heterocycles. The molecule has 0 aliphatic carbocycles. The molecule has 3 rings (SSSR count). The van der Waals surface area contributed by atoms with Crippen molar-refractivity contribution in [3.63, 3.8) is 0 Å². The molecule has 0 saturated carbocycles. The van der Waals surface area contributed by atoms with E-state index in [0.29, 0.717) is 32.1 Å². The van der Waals surface area contributed by atoms with Crippen LogP contribution in [-0.4, -0.2) is 45.7 Å². The summed E-state index contributed by atoms with van der Waals surface area (Å²) in [6, 6.07) is 10.6. The molecule has 0 bridgehead atoms. The maximum Gasteiger partial charge on any atom is 0.408 e. The van der Waals surface area contributed by atoms with Gasteiger partial charge in [-0.05, 0) is 50.9 Å². The second kappa shape index (κ2) is 8.68. The summed E-state index contributed by atoms with van der Waals surface area (Å²) >= 11 is 0. The zero-order valence-corrected chi connectivity index (χ0v) is 17.4. The largest absolute Gasteiger partial charge is 0.465 e. The average molecular weight is 420 g/mol. The van der Waals surface area contributed by atoms with Crippen LogP contribution in [0.3, 0.4) is 0 Å². The summed E-state index contributed by atoms with van der Waals surface area (Å²) in [5.41, 5.74) is 0.361. The number of hydrogen-bond donors (Lipinski definition) is 1. The van der Waals surface area contributed by atoms with Gasteiger partial charge >= 0.3 is 6.09 Å². The van der Waals surface area contributed by atoms with E-state index in [0.717, 1.165) is 11.6 Å². The van der Waals surface area contributed by atoms with E-state index in [1.54, 1.807) is 20.8 Å². The molecule has 30 heavy (non-hydrogen) atoms. The smallest absolute Gasteiger partial charge is 0.408 e. The van der Waals surface area contributed by atoms with Crippen LogP contribution in [0, 0.1) is 17.5 Å². The molecular weight excluding hydrogens is 393 g/mol. The standard InChI is InChI=1S/C23H27F3N2O2/c1-23(2,3)28(22(29)30)21-14-27(13-15-7-5-4-6-8-15)10-9-16(21)17-11-19(25)20(26)12-18(17)24/h4-8,11-12,16,21H,9-10,13-14H2,1-3H3,(H,29,30)/t16-,21+/m1/s1. The Labute approximate surface area is 174 Å². The van der Waals surface area contributed by atoms with E-state index in [1.807, 2.05) is 30.3 Å². The summed E-state index contributed by atoms with van der Waals surface area (Å²) in [4.78, 5) is 15.6. The van der Waals surface area contributed by atoms with Gasteiger partial charge in [-0.25, -0.2) is 18.0 Å². The van der Waals surface area contributed by atoms with E-state index >= 15 is 0 Å². The third-order valence-corrected chi connectivity index (χ3v) is 5.61. The van der Waals surface area contributed by atoms with Gasteiger partial charge in [0.2, 0.25) is 0 Å². The second-order valence-corrected chi connectivity index (χ2v) is 8.79. The Morgan fingerprint density at radius 2 is 1.73 bits per heavy atom. The van der Waals surface area contributed by atoms with Gasteiger partial charge in [0, 0.05) is 30.6 Å². The van der Waals surface area contributed by atoms with Crippen LogP contribution >= 0.6 is 0 Å². The van der Waals surface area contributed by atoms with Gasteiger partial charge in [-0.3, -0.25) is 9.80 Å². The highest BCUT2D eigenvalue weighted by Gasteiger charge is 2.42. The maximum absolute atomic E-state index is 14.6. The number of hydrogen-bond acceptors (Lipinski definition) is 2. The van der Waals surface area contributed by atoms with Crippen molar-refractivity contribution in [2.24, 2.45) is 0 Å². The van der Waals surface area contributed by atoms with Crippen molar-refractivity contribution in [2.45, 2.75) is 51.2 Å². The molecule has 1 amide bonds. The van der Waals surface area contributed by atoms with E-state index in [4.69, 9.17) is 0 Å². The average Bonchev–Trinajstić information content (AvgIpc) is 2.65. The molecule has 2 atom stereocenters. The zero-order chi connectivity index (χ0) is 22.1. The highest BCUT2D eigenvalue weighted by atomic mass is 19.2. The lowest BCUT2D eigenvalue weighted by Gasteiger charge is -2.48. The molecule has 0 unspecified atom stereocenters. The van der Waals surface area contributed by atoms with Gasteiger partial charge in [0.1, 0.15) is 5.82 Å². The summed E-state index contributed by atoms with van der Waals surface area (Å²) in [5, 5.41) is 9.95. The fraction of sp³-hybridized carbons (Fsp3) is 0.435. The molecule has 2 aromatic carbocycles. The van der Waals surface area contributed by atoms with Crippen LogP contribution in [0.25, 0.3) is 0 Å². The first-order valence-electron chi connectivity index (χ1n) is 10.0. The highest BCUT2D eigenvalue weighted by molar-refractivity contribution is 5.67. The summed E-state index contributed by atoms with van der Waals surface area (Å²) in [5.74, 6) is -3.81. The van der Waals surface area contributed by atoms with Crippen molar-refractivity contribution in [3.8, 4) is 0 Å². The molecule has 0 spiro atoms. The van der Waals surface area contributed by atoms with Crippen molar-refractivity contribution in [3.05, 3.63) is 71.0 Å². The lowest BCUT2D eigenvalue weighted by Crippen LogP contribution is -2.59. The third-order valence-electron chi connectivity index (χ3n) is 5.61. The maximum atomic E-state index is 14.6. The first kappa shape index (κ1) is 22.2. The zero-order valence-electron chi connectivity index (χ0n) is 17.4. The van der Waals surface area contributed by atoms with Gasteiger partial charge in [-0.15, -0.1) is 0 Å². The van der Waals surface area contributed by atoms with Gasteiger partial charge in [0.15, 0.2) is 11.6 Å². The number of rotatable bonds is 4. The van der Waals surface area contributed by atoms with E-state index in [9.17, 15) is 23.1 Å². The van der Waals surface area contributed by atoms with Crippen LogP contribution in [0.2, 0.25) is 0 Å². The first-order valence-corrected chi connectivity index (χ1v) is 10.0. The number of carbonyl (C=O) groups is 1. The van der Waals surface area contributed by atoms with Crippen LogP contribution in [0.15, 0.2) is 42.5 Å². The highest BCUT2D eigenvalue weighted by Crippen LogP contribution is 2.37. The SMILES string of the molecule is CC(C)(C)N(C(=O)O)[C@H]1CN(Cc2ccccc2)CC[C@@H]1c1cc(F)c(F)cc1F. The molecule has 1 aliphatic heterocycles. The second-order valence-electron chi connectivity index (χ2n) is 8.79. The Hall–Kier alpha value is -2.54. The lowest BCUT2D eigenvalue weighted by molar-refractivity contribution is 0.0233. The molecular formula is C23H27F3N2O2. The fourth-order valence-corrected chi connectivity index (χ4v) is 4.36. The molecule has 0 aromatic heterocycles. The third kappa shape index (κ3) is 4.78. The van der Waals surface area contributed by atoms with Crippen LogP contribution in [0.5, 0.6) is 0 Å². The molecule has 7 heteroatoms. The van der Waals surface area contributed by atoms with E-state index < -0.39 is 41.0 Å². The Kier molecular flexibility index (Phi) is 6.41. The molecule has 1 N–H and O–H groups in total. The van der Waals surface area contributed by atoms with Crippen molar-refractivity contribution in [1.29, 1.82) is 0 Å². The Balaban J connectivity index is 1.97. The number of nitrogens with zero attached hydrogens (tertiary/aromatic N) is 2. The van der Waals surface area contributed by atoms with Crippen LogP contribution < -0.4 is 0 Å². The predicted octanol–water partition coefficient (Wildman–Crippen LogP) is 5.24. The number of carboxylic acid groups (broad SMARTS) is 1. The van der Waals surface area contributed by atoms with Crippen molar-refractivity contribution in [2.75, 3.05) is 13.1 Å². The molecule has 0 radical (unpaired) electrons. The van der Waals surface area contributed by atoms with E-state index in [-0.39, 0.29) is 5.56 Å². The Morgan fingerprint density at radius 1 is 1.10 bits per heavy atom. The van der Waals surface area contributed by atoms with Gasteiger partial charge in [-0.2, -0.15) is 0 Å². The summed E-state index contributed by atoms with van der Waals surface area (Å²) < 4.78 is 42.0. The van der Waals surface area contributed by atoms with Crippen molar-refractivity contribution < 1.29 is 23.1 Å². The van der Waals surface area contributed by atoms with Gasteiger partial charge < -0.3 is 5.11 Å². The molecule has 1 saturated heterocycles. The van der Waals surface area contributed by atoms with E-state index in [1.165, 1.54) is 4.90 Å². The lowest BCUT2D eigenvalue weighted by atomic mass is 9.82. The molecule has 162 valence electrons. The Bertz CT molecular complexity index is 899. The first-order chi connectivity index (χ1) is 14.1. The minimum atomic E-state index is -1.25. The summed E-state index contributed by atoms with van der Waals surface area (Å²) in [7, 11) is 0. The quantitative estimate of drug-likeness (QED) is 0.688. The Morgan fingerprint density at radius 3 is 2.33 bits per heavy atom. The van der Waals surface area contributed by atoms with Gasteiger partial charge in [0.25, 0.3) is 0 Å². The fourth-order valence-electron chi connectivity index (χ4n) is 4.36. The normalized spacial score (nSPS) is 20.2. The van der Waals surface area contributed by atoms with Gasteiger partial charge in [-0.1, -0.05) is 30.3 Å². The van der Waals surface area contributed by atoms with Crippen LogP contribution in [0.1, 0.15) is 44.2 Å². The number of benzene rings is 2. The minimum absolute atomic E-state index is 0.0220. The van der Waals surface area contributed by atoms with Gasteiger partial charge in [0.05, 0.1) is 6.04 Å². The molecule has 1 aliphatic rings. The number of likely N-dealkylation sites (tertiary alicyclic amines) is 1. The minimum Gasteiger partial charge on any atom is -0.465 e. The summed E-state index contributed by atoms with van der Waals surface area (Å²) in [6.07, 6.45) is -0.693. The number of amides is 1. The van der Waals surface area contributed by atoms with Crippen molar-refractivity contribution >= 4 is 6.09 Å². The molecule has 1 fully saturated rings. The predicted molar refractivity (Wildman–Crippen MR) is 109 cm³/mol. The van der Waals surface area contributed by atoms with Crippen LogP contribution in [0.4, 0.5) is 18.0 Å². The van der Waals surface area contributed by atoms with Crippen LogP contribution in [-0.2, 0) is 6.54 Å². The molecule has 4 nitrogen and oxygen atoms in total.